The Bertz CT molecular complexity index is 316. The Hall–Kier alpha value is -1.06. The van der Waals surface area contributed by atoms with Crippen LogP contribution in [0.2, 0.25) is 0 Å². The van der Waals surface area contributed by atoms with Crippen LogP contribution in [0.5, 0.6) is 0 Å². The van der Waals surface area contributed by atoms with Gasteiger partial charge in [-0.1, -0.05) is 0 Å². The highest BCUT2D eigenvalue weighted by atomic mass is 16.6. The average Bonchev–Trinajstić information content (AvgIpc) is 2.53. The predicted molar refractivity (Wildman–Crippen MR) is 43.0 cm³/mol. The van der Waals surface area contributed by atoms with Gasteiger partial charge in [-0.3, -0.25) is 9.59 Å². The molecule has 74 valence electrons. The SMILES string of the molecule is O=C1OC2CC3C4CC2C1C3C(=O)O4. The lowest BCUT2D eigenvalue weighted by molar-refractivity contribution is -0.151. The van der Waals surface area contributed by atoms with Crippen LogP contribution in [-0.4, -0.2) is 24.1 Å². The Morgan fingerprint density at radius 2 is 1.29 bits per heavy atom. The fourth-order valence-corrected chi connectivity index (χ4v) is 3.85. The highest BCUT2D eigenvalue weighted by Crippen LogP contribution is 2.58. The van der Waals surface area contributed by atoms with Gasteiger partial charge in [0.25, 0.3) is 0 Å². The van der Waals surface area contributed by atoms with Crippen LogP contribution in [0.3, 0.4) is 0 Å². The van der Waals surface area contributed by atoms with E-state index in [0.717, 1.165) is 12.8 Å². The van der Waals surface area contributed by atoms with E-state index >= 15 is 0 Å². The van der Waals surface area contributed by atoms with Crippen LogP contribution in [-0.2, 0) is 19.1 Å². The molecule has 3 aliphatic carbocycles. The standard InChI is InChI=1S/C10H10O4/c11-9-7-3-1-5-4(2-6(3)14-9)8(7)10(12)13-5/h3-8H,1-2H2. The van der Waals surface area contributed by atoms with Crippen LogP contribution in [0.15, 0.2) is 0 Å². The van der Waals surface area contributed by atoms with Gasteiger partial charge in [0.2, 0.25) is 0 Å². The first-order valence-corrected chi connectivity index (χ1v) is 5.16. The highest BCUT2D eigenvalue weighted by molar-refractivity contribution is 5.86. The molecule has 3 saturated carbocycles. The molecule has 5 rings (SSSR count). The summed E-state index contributed by atoms with van der Waals surface area (Å²) < 4.78 is 10.5. The van der Waals surface area contributed by atoms with Crippen molar-refractivity contribution in [2.75, 3.05) is 0 Å². The van der Waals surface area contributed by atoms with Crippen molar-refractivity contribution in [3.05, 3.63) is 0 Å². The van der Waals surface area contributed by atoms with Gasteiger partial charge in [-0.25, -0.2) is 0 Å². The minimum atomic E-state index is -0.176. The van der Waals surface area contributed by atoms with Crippen molar-refractivity contribution < 1.29 is 19.1 Å². The third kappa shape index (κ3) is 0.586. The second-order valence-electron chi connectivity index (χ2n) is 4.80. The molecule has 2 heterocycles. The molecule has 14 heavy (non-hydrogen) atoms. The monoisotopic (exact) mass is 194 g/mol. The molecule has 0 radical (unpaired) electrons. The smallest absolute Gasteiger partial charge is 0.310 e. The van der Waals surface area contributed by atoms with Gasteiger partial charge in [0.15, 0.2) is 0 Å². The lowest BCUT2D eigenvalue weighted by Gasteiger charge is -2.40. The van der Waals surface area contributed by atoms with Gasteiger partial charge >= 0.3 is 11.9 Å². The van der Waals surface area contributed by atoms with E-state index in [2.05, 4.69) is 0 Å². The quantitative estimate of drug-likeness (QED) is 0.513. The molecule has 0 spiro atoms. The zero-order valence-corrected chi connectivity index (χ0v) is 7.51. The van der Waals surface area contributed by atoms with Gasteiger partial charge in [0, 0.05) is 11.8 Å². The van der Waals surface area contributed by atoms with Gasteiger partial charge in [-0.2, -0.15) is 0 Å². The molecule has 2 aliphatic heterocycles. The molecule has 0 aromatic carbocycles. The Balaban J connectivity index is 1.88. The molecule has 0 aromatic rings. The van der Waals surface area contributed by atoms with E-state index in [1.807, 2.05) is 0 Å². The van der Waals surface area contributed by atoms with Gasteiger partial charge in [-0.15, -0.1) is 0 Å². The van der Waals surface area contributed by atoms with Gasteiger partial charge in [0.05, 0.1) is 11.8 Å². The molecule has 2 saturated heterocycles. The molecule has 5 aliphatic rings. The van der Waals surface area contributed by atoms with E-state index in [0.29, 0.717) is 0 Å². The van der Waals surface area contributed by atoms with E-state index in [1.165, 1.54) is 0 Å². The van der Waals surface area contributed by atoms with E-state index in [1.54, 1.807) is 0 Å². The summed E-state index contributed by atoms with van der Waals surface area (Å²) in [5, 5.41) is 0. The normalized spacial score (nSPS) is 57.4. The molecule has 0 amide bonds. The molecular weight excluding hydrogens is 184 g/mol. The molecule has 6 atom stereocenters. The summed E-state index contributed by atoms with van der Waals surface area (Å²) >= 11 is 0. The Kier molecular flexibility index (Phi) is 1.02. The van der Waals surface area contributed by atoms with Gasteiger partial charge in [0.1, 0.15) is 12.2 Å². The lowest BCUT2D eigenvalue weighted by Crippen LogP contribution is -2.47. The number of ether oxygens (including phenoxy) is 2. The molecule has 5 fully saturated rings. The highest BCUT2D eigenvalue weighted by Gasteiger charge is 2.67. The second-order valence-corrected chi connectivity index (χ2v) is 4.80. The first-order valence-electron chi connectivity index (χ1n) is 5.16. The lowest BCUT2D eigenvalue weighted by atomic mass is 9.59. The van der Waals surface area contributed by atoms with Crippen LogP contribution < -0.4 is 0 Å². The minimum Gasteiger partial charge on any atom is -0.462 e. The first-order chi connectivity index (χ1) is 6.75. The topological polar surface area (TPSA) is 52.6 Å². The van der Waals surface area contributed by atoms with Gasteiger partial charge in [-0.05, 0) is 12.8 Å². The number of rotatable bonds is 0. The largest absolute Gasteiger partial charge is 0.462 e. The molecule has 4 nitrogen and oxygen atoms in total. The maximum Gasteiger partial charge on any atom is 0.310 e. The van der Waals surface area contributed by atoms with E-state index in [-0.39, 0.29) is 47.8 Å². The third-order valence-corrected chi connectivity index (χ3v) is 4.35. The van der Waals surface area contributed by atoms with Crippen LogP contribution in [0.25, 0.3) is 0 Å². The molecule has 0 aromatic heterocycles. The Labute approximate surface area is 80.6 Å². The number of esters is 2. The minimum absolute atomic E-state index is 0.0829. The molecule has 6 unspecified atom stereocenters. The summed E-state index contributed by atoms with van der Waals surface area (Å²) in [7, 11) is 0. The number of hydrogen-bond acceptors (Lipinski definition) is 4. The number of carbonyl (C=O) groups is 2. The maximum atomic E-state index is 11.5. The summed E-state index contributed by atoms with van der Waals surface area (Å²) in [6.07, 6.45) is 1.85. The molecule has 0 N–H and O–H groups in total. The fraction of sp³-hybridized carbons (Fsp3) is 0.800. The van der Waals surface area contributed by atoms with Crippen molar-refractivity contribution in [2.45, 2.75) is 25.0 Å². The third-order valence-electron chi connectivity index (χ3n) is 4.35. The number of hydrogen-bond donors (Lipinski definition) is 0. The maximum absolute atomic E-state index is 11.5. The van der Waals surface area contributed by atoms with Crippen LogP contribution >= 0.6 is 0 Å². The van der Waals surface area contributed by atoms with Crippen LogP contribution in [0, 0.1) is 23.7 Å². The van der Waals surface area contributed by atoms with Crippen molar-refractivity contribution in [1.82, 2.24) is 0 Å². The molecule has 6 bridgehead atoms. The Morgan fingerprint density at radius 1 is 0.857 bits per heavy atom. The van der Waals surface area contributed by atoms with Crippen molar-refractivity contribution in [3.63, 3.8) is 0 Å². The summed E-state index contributed by atoms with van der Waals surface area (Å²) in [5.41, 5.74) is 0. The van der Waals surface area contributed by atoms with Crippen molar-refractivity contribution >= 4 is 11.9 Å². The Morgan fingerprint density at radius 3 is 1.71 bits per heavy atom. The van der Waals surface area contributed by atoms with E-state index in [4.69, 9.17) is 9.47 Å². The van der Waals surface area contributed by atoms with E-state index < -0.39 is 0 Å². The van der Waals surface area contributed by atoms with Crippen molar-refractivity contribution in [1.29, 1.82) is 0 Å². The van der Waals surface area contributed by atoms with Crippen LogP contribution in [0.1, 0.15) is 12.8 Å². The first kappa shape index (κ1) is 7.26. The van der Waals surface area contributed by atoms with E-state index in [9.17, 15) is 9.59 Å². The number of carbonyl (C=O) groups excluding carboxylic acids is 2. The van der Waals surface area contributed by atoms with Gasteiger partial charge < -0.3 is 9.47 Å². The zero-order valence-electron chi connectivity index (χ0n) is 7.51. The molecule has 4 heteroatoms. The summed E-state index contributed by atoms with van der Waals surface area (Å²) in [4.78, 5) is 23.1. The average molecular weight is 194 g/mol. The van der Waals surface area contributed by atoms with Crippen LogP contribution in [0.4, 0.5) is 0 Å². The summed E-state index contributed by atoms with van der Waals surface area (Å²) in [6, 6.07) is 0. The fourth-order valence-electron chi connectivity index (χ4n) is 3.85. The second kappa shape index (κ2) is 1.97. The summed E-state index contributed by atoms with van der Waals surface area (Å²) in [5.74, 6) is -0.160. The van der Waals surface area contributed by atoms with Crippen molar-refractivity contribution in [3.8, 4) is 0 Å². The predicted octanol–water partition coefficient (Wildman–Crippen LogP) is 0.109. The molecular formula is C10H10O4. The zero-order chi connectivity index (χ0) is 9.45. The summed E-state index contributed by atoms with van der Waals surface area (Å²) in [6.45, 7) is 0. The van der Waals surface area contributed by atoms with Crippen molar-refractivity contribution in [2.24, 2.45) is 23.7 Å².